The Morgan fingerprint density at radius 3 is 2.47 bits per heavy atom. The van der Waals surface area contributed by atoms with E-state index in [0.29, 0.717) is 6.54 Å². The van der Waals surface area contributed by atoms with Crippen LogP contribution in [-0.2, 0) is 9.59 Å². The molecule has 0 saturated heterocycles. The van der Waals surface area contributed by atoms with E-state index in [1.807, 2.05) is 0 Å². The summed E-state index contributed by atoms with van der Waals surface area (Å²) in [5.74, 6) is -0.862. The number of carbonyl (C=O) groups is 2. The summed E-state index contributed by atoms with van der Waals surface area (Å²) in [7, 11) is 0. The standard InChI is InChI=1S/C11H22N2O3S/c1-3-4-5-6-7-13(9(2)14)17-8-10(12)11(15)16/h10H,3-8,12H2,1-2H3,(H,15,16). The Hall–Kier alpha value is -0.750. The van der Waals surface area contributed by atoms with Crippen LogP contribution in [0.25, 0.3) is 0 Å². The summed E-state index contributed by atoms with van der Waals surface area (Å²) in [6.45, 7) is 4.27. The van der Waals surface area contributed by atoms with Gasteiger partial charge in [0.2, 0.25) is 5.91 Å². The third-order valence-corrected chi connectivity index (χ3v) is 3.55. The molecule has 0 spiro atoms. The first-order valence-electron chi connectivity index (χ1n) is 5.88. The second-order valence-corrected chi connectivity index (χ2v) is 4.95. The molecule has 0 aromatic heterocycles. The molecule has 0 aliphatic heterocycles. The molecule has 3 N–H and O–H groups in total. The van der Waals surface area contributed by atoms with Gasteiger partial charge in [-0.05, 0) is 18.4 Å². The quantitative estimate of drug-likeness (QED) is 0.485. The number of hydrogen-bond donors (Lipinski definition) is 2. The Morgan fingerprint density at radius 1 is 1.35 bits per heavy atom. The van der Waals surface area contributed by atoms with E-state index in [-0.39, 0.29) is 11.7 Å². The zero-order valence-corrected chi connectivity index (χ0v) is 11.3. The maximum absolute atomic E-state index is 11.3. The number of aliphatic carboxylic acids is 1. The normalized spacial score (nSPS) is 12.2. The minimum absolute atomic E-state index is 0.0518. The molecule has 0 aliphatic rings. The molecule has 100 valence electrons. The molecule has 0 aliphatic carbocycles. The van der Waals surface area contributed by atoms with Crippen molar-refractivity contribution in [3.05, 3.63) is 0 Å². The highest BCUT2D eigenvalue weighted by Gasteiger charge is 2.15. The van der Waals surface area contributed by atoms with Gasteiger partial charge in [-0.1, -0.05) is 26.2 Å². The SMILES string of the molecule is CCCCCCN(SCC(N)C(=O)O)C(C)=O. The number of rotatable bonds is 9. The van der Waals surface area contributed by atoms with E-state index in [2.05, 4.69) is 6.92 Å². The molecular formula is C11H22N2O3S. The van der Waals surface area contributed by atoms with Crippen molar-refractivity contribution in [2.75, 3.05) is 12.3 Å². The summed E-state index contributed by atoms with van der Waals surface area (Å²) in [6, 6.07) is -0.919. The number of unbranched alkanes of at least 4 members (excludes halogenated alkanes) is 3. The monoisotopic (exact) mass is 262 g/mol. The lowest BCUT2D eigenvalue weighted by molar-refractivity contribution is -0.138. The molecule has 0 fully saturated rings. The van der Waals surface area contributed by atoms with Crippen LogP contribution in [0, 0.1) is 0 Å². The average Bonchev–Trinajstić information content (AvgIpc) is 2.27. The van der Waals surface area contributed by atoms with Gasteiger partial charge in [0.1, 0.15) is 6.04 Å². The Labute approximate surface area is 107 Å². The Bertz CT molecular complexity index is 249. The molecule has 0 rings (SSSR count). The van der Waals surface area contributed by atoms with E-state index in [4.69, 9.17) is 10.8 Å². The van der Waals surface area contributed by atoms with Crippen LogP contribution in [0.15, 0.2) is 0 Å². The second kappa shape index (κ2) is 9.30. The zero-order valence-electron chi connectivity index (χ0n) is 10.5. The van der Waals surface area contributed by atoms with Crippen molar-refractivity contribution in [2.45, 2.75) is 45.6 Å². The van der Waals surface area contributed by atoms with Crippen LogP contribution in [-0.4, -0.2) is 39.6 Å². The van der Waals surface area contributed by atoms with Crippen LogP contribution in [0.4, 0.5) is 0 Å². The van der Waals surface area contributed by atoms with Gasteiger partial charge < -0.3 is 10.8 Å². The maximum Gasteiger partial charge on any atom is 0.321 e. The molecule has 5 nitrogen and oxygen atoms in total. The molecule has 1 amide bonds. The van der Waals surface area contributed by atoms with Gasteiger partial charge in [-0.2, -0.15) is 0 Å². The highest BCUT2D eigenvalue weighted by atomic mass is 32.2. The van der Waals surface area contributed by atoms with Gasteiger partial charge in [-0.3, -0.25) is 13.9 Å². The van der Waals surface area contributed by atoms with Crippen LogP contribution in [0.3, 0.4) is 0 Å². The number of carboxylic acids is 1. The van der Waals surface area contributed by atoms with Crippen molar-refractivity contribution in [3.8, 4) is 0 Å². The van der Waals surface area contributed by atoms with Crippen molar-refractivity contribution >= 4 is 23.8 Å². The molecule has 0 radical (unpaired) electrons. The van der Waals surface area contributed by atoms with E-state index < -0.39 is 12.0 Å². The minimum Gasteiger partial charge on any atom is -0.480 e. The first-order valence-corrected chi connectivity index (χ1v) is 6.82. The first kappa shape index (κ1) is 16.2. The maximum atomic E-state index is 11.3. The summed E-state index contributed by atoms with van der Waals surface area (Å²) < 4.78 is 1.60. The molecule has 0 heterocycles. The smallest absolute Gasteiger partial charge is 0.321 e. The fourth-order valence-corrected chi connectivity index (χ4v) is 2.16. The molecule has 0 aromatic carbocycles. The number of hydrogen-bond acceptors (Lipinski definition) is 4. The van der Waals surface area contributed by atoms with Crippen LogP contribution >= 0.6 is 11.9 Å². The van der Waals surface area contributed by atoms with Crippen LogP contribution in [0.1, 0.15) is 39.5 Å². The van der Waals surface area contributed by atoms with Gasteiger partial charge in [0.15, 0.2) is 0 Å². The van der Waals surface area contributed by atoms with E-state index in [9.17, 15) is 9.59 Å². The number of carboxylic acid groups (broad SMARTS) is 1. The Morgan fingerprint density at radius 2 is 2.00 bits per heavy atom. The average molecular weight is 262 g/mol. The van der Waals surface area contributed by atoms with E-state index in [0.717, 1.165) is 25.7 Å². The van der Waals surface area contributed by atoms with Crippen LogP contribution in [0.2, 0.25) is 0 Å². The van der Waals surface area contributed by atoms with Gasteiger partial charge in [0, 0.05) is 19.2 Å². The predicted octanol–water partition coefficient (Wildman–Crippen LogP) is 1.48. The van der Waals surface area contributed by atoms with E-state index in [1.54, 1.807) is 4.31 Å². The number of nitrogens with two attached hydrogens (primary N) is 1. The molecule has 6 heteroatoms. The second-order valence-electron chi connectivity index (χ2n) is 3.92. The van der Waals surface area contributed by atoms with Gasteiger partial charge in [0.05, 0.1) is 0 Å². The van der Waals surface area contributed by atoms with Crippen molar-refractivity contribution in [1.82, 2.24) is 4.31 Å². The molecular weight excluding hydrogens is 240 g/mol. The number of carbonyl (C=O) groups excluding carboxylic acids is 1. The molecule has 0 aromatic rings. The van der Waals surface area contributed by atoms with E-state index >= 15 is 0 Å². The molecule has 17 heavy (non-hydrogen) atoms. The van der Waals surface area contributed by atoms with E-state index in [1.165, 1.54) is 18.9 Å². The highest BCUT2D eigenvalue weighted by Crippen LogP contribution is 2.13. The lowest BCUT2D eigenvalue weighted by Gasteiger charge is -2.20. The van der Waals surface area contributed by atoms with Crippen LogP contribution < -0.4 is 5.73 Å². The van der Waals surface area contributed by atoms with Crippen molar-refractivity contribution in [1.29, 1.82) is 0 Å². The van der Waals surface area contributed by atoms with Gasteiger partial charge in [-0.15, -0.1) is 0 Å². The summed E-state index contributed by atoms with van der Waals surface area (Å²) in [6.07, 6.45) is 4.34. The summed E-state index contributed by atoms with van der Waals surface area (Å²) in [5, 5.41) is 8.64. The Kier molecular flexibility index (Phi) is 8.89. The van der Waals surface area contributed by atoms with Gasteiger partial charge in [0.25, 0.3) is 0 Å². The first-order chi connectivity index (χ1) is 7.99. The lowest BCUT2D eigenvalue weighted by Crippen LogP contribution is -2.35. The number of nitrogens with zero attached hydrogens (tertiary/aromatic N) is 1. The fourth-order valence-electron chi connectivity index (χ4n) is 1.24. The third-order valence-electron chi connectivity index (χ3n) is 2.29. The third kappa shape index (κ3) is 8.04. The van der Waals surface area contributed by atoms with Crippen molar-refractivity contribution in [3.63, 3.8) is 0 Å². The van der Waals surface area contributed by atoms with Gasteiger partial charge >= 0.3 is 5.97 Å². The fraction of sp³-hybridized carbons (Fsp3) is 0.818. The molecule has 1 atom stereocenters. The van der Waals surface area contributed by atoms with Gasteiger partial charge in [-0.25, -0.2) is 0 Å². The minimum atomic E-state index is -1.04. The summed E-state index contributed by atoms with van der Waals surface area (Å²) in [4.78, 5) is 21.8. The Balaban J connectivity index is 3.90. The molecule has 0 bridgehead atoms. The predicted molar refractivity (Wildman–Crippen MR) is 69.6 cm³/mol. The molecule has 1 unspecified atom stereocenters. The highest BCUT2D eigenvalue weighted by molar-refractivity contribution is 7.97. The summed E-state index contributed by atoms with van der Waals surface area (Å²) >= 11 is 1.20. The number of amides is 1. The topological polar surface area (TPSA) is 83.6 Å². The largest absolute Gasteiger partial charge is 0.480 e. The van der Waals surface area contributed by atoms with Crippen molar-refractivity contribution < 1.29 is 14.7 Å². The molecule has 0 saturated carbocycles. The summed E-state index contributed by atoms with van der Waals surface area (Å²) in [5.41, 5.74) is 5.38. The van der Waals surface area contributed by atoms with Crippen molar-refractivity contribution in [2.24, 2.45) is 5.73 Å². The zero-order chi connectivity index (χ0) is 13.3. The lowest BCUT2D eigenvalue weighted by atomic mass is 10.2. The van der Waals surface area contributed by atoms with Crippen LogP contribution in [0.5, 0.6) is 0 Å².